The molecule has 1 nitrogen and oxygen atoms in total. The molecule has 0 amide bonds. The predicted octanol–water partition coefficient (Wildman–Crippen LogP) is 1.17. The van der Waals surface area contributed by atoms with Gasteiger partial charge >= 0.3 is 0 Å². The number of fused-ring (bicyclic) bond motifs is 1. The van der Waals surface area contributed by atoms with Crippen LogP contribution >= 0.6 is 0 Å². The number of allylic oxidation sites excluding steroid dienone is 2. The van der Waals surface area contributed by atoms with Crippen LogP contribution in [0.15, 0.2) is 11.8 Å². The molecule has 1 fully saturated rings. The third kappa shape index (κ3) is 0.328. The zero-order valence-electron chi connectivity index (χ0n) is 4.35. The quantitative estimate of drug-likeness (QED) is 0.440. The molecule has 0 saturated carbocycles. The van der Waals surface area contributed by atoms with Crippen molar-refractivity contribution >= 4 is 0 Å². The summed E-state index contributed by atoms with van der Waals surface area (Å²) >= 11 is 0. The Bertz CT molecular complexity index is 126. The summed E-state index contributed by atoms with van der Waals surface area (Å²) in [6.45, 7) is 3.18. The lowest BCUT2D eigenvalue weighted by Gasteiger charge is -1.95. The second kappa shape index (κ2) is 0.857. The van der Waals surface area contributed by atoms with Gasteiger partial charge < -0.3 is 4.74 Å². The fraction of sp³-hybridized carbons (Fsp3) is 0.667. The molecule has 0 aromatic heterocycles. The van der Waals surface area contributed by atoms with Gasteiger partial charge in [-0.3, -0.25) is 0 Å². The van der Waals surface area contributed by atoms with Crippen molar-refractivity contribution in [2.45, 2.75) is 6.92 Å². The largest absolute Gasteiger partial charge is 0.497 e. The molecule has 2 rings (SSSR count). The van der Waals surface area contributed by atoms with Crippen molar-refractivity contribution in [2.75, 3.05) is 6.61 Å². The maximum atomic E-state index is 5.20. The smallest absolute Gasteiger partial charge is 0.100 e. The van der Waals surface area contributed by atoms with Crippen molar-refractivity contribution in [3.05, 3.63) is 11.8 Å². The summed E-state index contributed by atoms with van der Waals surface area (Å²) in [5.74, 6) is 2.77. The van der Waals surface area contributed by atoms with Crippen molar-refractivity contribution in [2.24, 2.45) is 11.8 Å². The summed E-state index contributed by atoms with van der Waals surface area (Å²) in [4.78, 5) is 0. The summed E-state index contributed by atoms with van der Waals surface area (Å²) in [6, 6.07) is 0. The Morgan fingerprint density at radius 1 is 1.86 bits per heavy atom. The van der Waals surface area contributed by atoms with E-state index in [0.717, 1.165) is 18.4 Å². The molecule has 1 heterocycles. The monoisotopic (exact) mass is 96.1 g/mol. The molecule has 0 spiro atoms. The highest BCUT2D eigenvalue weighted by Crippen LogP contribution is 2.42. The number of hydrogen-bond acceptors (Lipinski definition) is 1. The van der Waals surface area contributed by atoms with Crippen LogP contribution < -0.4 is 0 Å². The fourth-order valence-corrected chi connectivity index (χ4v) is 1.05. The highest BCUT2D eigenvalue weighted by molar-refractivity contribution is 5.27. The van der Waals surface area contributed by atoms with E-state index in [0.29, 0.717) is 0 Å². The van der Waals surface area contributed by atoms with E-state index in [-0.39, 0.29) is 0 Å². The average Bonchev–Trinajstić information content (AvgIpc) is 2.33. The second-order valence-corrected chi connectivity index (χ2v) is 2.38. The van der Waals surface area contributed by atoms with Crippen LogP contribution in [0.4, 0.5) is 0 Å². The summed E-state index contributed by atoms with van der Waals surface area (Å²) in [5, 5.41) is 0. The molecule has 38 valence electrons. The molecule has 1 aliphatic carbocycles. The molecule has 1 aliphatic heterocycles. The Morgan fingerprint density at radius 2 is 2.71 bits per heavy atom. The highest BCUT2D eigenvalue weighted by Gasteiger charge is 2.38. The molecule has 0 aromatic rings. The van der Waals surface area contributed by atoms with E-state index in [2.05, 4.69) is 13.0 Å². The van der Waals surface area contributed by atoms with E-state index in [1.54, 1.807) is 0 Å². The lowest BCUT2D eigenvalue weighted by atomic mass is 10.1. The van der Waals surface area contributed by atoms with E-state index in [9.17, 15) is 0 Å². The maximum absolute atomic E-state index is 5.20. The minimum absolute atomic E-state index is 0.750. The zero-order chi connectivity index (χ0) is 4.85. The van der Waals surface area contributed by atoms with Gasteiger partial charge in [-0.05, 0) is 6.08 Å². The van der Waals surface area contributed by atoms with E-state index in [1.165, 1.54) is 5.76 Å². The van der Waals surface area contributed by atoms with Gasteiger partial charge in [0.15, 0.2) is 0 Å². The van der Waals surface area contributed by atoms with Crippen molar-refractivity contribution < 1.29 is 4.74 Å². The molecule has 2 unspecified atom stereocenters. The number of ether oxygens (including phenoxy) is 1. The molecule has 0 N–H and O–H groups in total. The third-order valence-electron chi connectivity index (χ3n) is 1.69. The zero-order valence-corrected chi connectivity index (χ0v) is 4.35. The predicted molar refractivity (Wildman–Crippen MR) is 26.7 cm³/mol. The van der Waals surface area contributed by atoms with Crippen molar-refractivity contribution in [1.82, 2.24) is 0 Å². The van der Waals surface area contributed by atoms with Gasteiger partial charge in [0.05, 0.1) is 6.61 Å². The molecule has 0 radical (unpaired) electrons. The molecule has 0 bridgehead atoms. The lowest BCUT2D eigenvalue weighted by Crippen LogP contribution is -1.96. The van der Waals surface area contributed by atoms with Crippen LogP contribution in [0.5, 0.6) is 0 Å². The maximum Gasteiger partial charge on any atom is 0.100 e. The van der Waals surface area contributed by atoms with Crippen LogP contribution in [0.2, 0.25) is 0 Å². The first kappa shape index (κ1) is 3.53. The SMILES string of the molecule is CC1COC2=CC21. The average molecular weight is 96.1 g/mol. The van der Waals surface area contributed by atoms with Crippen LogP contribution in [0.25, 0.3) is 0 Å². The van der Waals surface area contributed by atoms with Gasteiger partial charge in [-0.1, -0.05) is 6.92 Å². The Hall–Kier alpha value is -0.460. The van der Waals surface area contributed by atoms with E-state index in [4.69, 9.17) is 4.74 Å². The number of rotatable bonds is 0. The lowest BCUT2D eigenvalue weighted by molar-refractivity contribution is 0.246. The van der Waals surface area contributed by atoms with Crippen LogP contribution in [0.3, 0.4) is 0 Å². The minimum atomic E-state index is 0.750. The van der Waals surface area contributed by atoms with Gasteiger partial charge in [0.25, 0.3) is 0 Å². The van der Waals surface area contributed by atoms with E-state index < -0.39 is 0 Å². The van der Waals surface area contributed by atoms with Crippen LogP contribution in [0, 0.1) is 11.8 Å². The number of hydrogen-bond donors (Lipinski definition) is 0. The Morgan fingerprint density at radius 3 is 2.86 bits per heavy atom. The van der Waals surface area contributed by atoms with Crippen LogP contribution in [-0.4, -0.2) is 6.61 Å². The summed E-state index contributed by atoms with van der Waals surface area (Å²) in [6.07, 6.45) is 2.19. The topological polar surface area (TPSA) is 9.23 Å². The van der Waals surface area contributed by atoms with Crippen molar-refractivity contribution in [3.8, 4) is 0 Å². The summed E-state index contributed by atoms with van der Waals surface area (Å²) in [5.41, 5.74) is 0. The van der Waals surface area contributed by atoms with Crippen LogP contribution in [-0.2, 0) is 4.74 Å². The first-order chi connectivity index (χ1) is 3.38. The molecule has 1 saturated heterocycles. The van der Waals surface area contributed by atoms with Gasteiger partial charge in [-0.25, -0.2) is 0 Å². The first-order valence-electron chi connectivity index (χ1n) is 2.72. The van der Waals surface area contributed by atoms with Gasteiger partial charge in [0, 0.05) is 11.8 Å². The Kier molecular flexibility index (Phi) is 0.432. The van der Waals surface area contributed by atoms with E-state index >= 15 is 0 Å². The van der Waals surface area contributed by atoms with E-state index in [1.807, 2.05) is 0 Å². The molecule has 2 aliphatic rings. The normalized spacial score (nSPS) is 44.4. The summed E-state index contributed by atoms with van der Waals surface area (Å²) < 4.78 is 5.20. The van der Waals surface area contributed by atoms with Crippen LogP contribution in [0.1, 0.15) is 6.92 Å². The molecule has 0 aromatic carbocycles. The molecule has 2 atom stereocenters. The standard InChI is InChI=1S/C6H8O/c1-4-3-7-6-2-5(4)6/h2,4-5H,3H2,1H3. The Balaban J connectivity index is 2.16. The molecule has 7 heavy (non-hydrogen) atoms. The summed E-state index contributed by atoms with van der Waals surface area (Å²) in [7, 11) is 0. The van der Waals surface area contributed by atoms with Gasteiger partial charge in [-0.15, -0.1) is 0 Å². The second-order valence-electron chi connectivity index (χ2n) is 2.38. The molecule has 1 heteroatoms. The Labute approximate surface area is 43.0 Å². The molecular weight excluding hydrogens is 88.1 g/mol. The van der Waals surface area contributed by atoms with Crippen molar-refractivity contribution in [3.63, 3.8) is 0 Å². The van der Waals surface area contributed by atoms with Gasteiger partial charge in [0.2, 0.25) is 0 Å². The van der Waals surface area contributed by atoms with Gasteiger partial charge in [-0.2, -0.15) is 0 Å². The fourth-order valence-electron chi connectivity index (χ4n) is 1.05. The highest BCUT2D eigenvalue weighted by atomic mass is 16.5. The first-order valence-corrected chi connectivity index (χ1v) is 2.72. The third-order valence-corrected chi connectivity index (χ3v) is 1.69. The van der Waals surface area contributed by atoms with Gasteiger partial charge in [0.1, 0.15) is 5.76 Å². The minimum Gasteiger partial charge on any atom is -0.497 e. The molecular formula is C6H8O. The van der Waals surface area contributed by atoms with Crippen molar-refractivity contribution in [1.29, 1.82) is 0 Å².